The molecule has 0 aromatic rings. The highest BCUT2D eigenvalue weighted by Gasteiger charge is 2.26. The van der Waals surface area contributed by atoms with E-state index in [0.717, 1.165) is 51.4 Å². The first-order chi connectivity index (χ1) is 28.6. The quantitative estimate of drug-likeness (QED) is 0.0214. The Labute approximate surface area is 365 Å². The van der Waals surface area contributed by atoms with Crippen LogP contribution >= 0.6 is 7.82 Å². The smallest absolute Gasteiger partial charge is 0.457 e. The summed E-state index contributed by atoms with van der Waals surface area (Å²) in [5.41, 5.74) is 0. The first-order valence-electron chi connectivity index (χ1n) is 24.7. The number of allylic oxidation sites excluding steroid dienone is 6. The minimum absolute atomic E-state index is 0.0875. The van der Waals surface area contributed by atoms with Gasteiger partial charge in [-0.05, 0) is 51.4 Å². The number of hydrogen-bond donors (Lipinski definition) is 1. The fraction of sp³-hybridized carbons (Fsp3) is 0.860. The molecule has 0 aliphatic heterocycles. The highest BCUT2D eigenvalue weighted by atomic mass is 31.2. The second kappa shape index (κ2) is 43.4. The van der Waals surface area contributed by atoms with Gasteiger partial charge in [0, 0.05) is 13.0 Å². The minimum atomic E-state index is -4.28. The van der Waals surface area contributed by atoms with Crippen LogP contribution in [0.25, 0.3) is 0 Å². The largest absolute Gasteiger partial charge is 0.472 e. The predicted octanol–water partition coefficient (Wildman–Crippen LogP) is 14.9. The lowest BCUT2D eigenvalue weighted by Crippen LogP contribution is -2.37. The summed E-state index contributed by atoms with van der Waals surface area (Å²) in [6, 6.07) is 0. The number of likely N-dealkylation sites (N-methyl/N-ethyl adjacent to an activating group) is 1. The summed E-state index contributed by atoms with van der Waals surface area (Å²) in [6.45, 7) is 5.61. The molecule has 0 aromatic heterocycles. The first kappa shape index (κ1) is 57.7. The van der Waals surface area contributed by atoms with Crippen molar-refractivity contribution in [2.45, 2.75) is 225 Å². The summed E-state index contributed by atoms with van der Waals surface area (Å²) >= 11 is 0. The molecule has 0 radical (unpaired) electrons. The maximum atomic E-state index is 12.7. The van der Waals surface area contributed by atoms with E-state index in [1.165, 1.54) is 148 Å². The lowest BCUT2D eigenvalue weighted by Gasteiger charge is -2.24. The average Bonchev–Trinajstić information content (AvgIpc) is 3.19. The molecular formula is C50H97NO7P+. The van der Waals surface area contributed by atoms with Crippen LogP contribution in [0.5, 0.6) is 0 Å². The Hall–Kier alpha value is -1.28. The predicted molar refractivity (Wildman–Crippen MR) is 252 cm³/mol. The minimum Gasteiger partial charge on any atom is -0.457 e. The Balaban J connectivity index is 4.17. The number of nitrogens with zero attached hydrogens (tertiary/aromatic N) is 1. The molecule has 8 nitrogen and oxygen atoms in total. The highest BCUT2D eigenvalue weighted by Crippen LogP contribution is 2.43. The van der Waals surface area contributed by atoms with E-state index in [0.29, 0.717) is 24.1 Å². The van der Waals surface area contributed by atoms with Gasteiger partial charge in [-0.2, -0.15) is 0 Å². The van der Waals surface area contributed by atoms with Crippen LogP contribution in [-0.2, 0) is 27.9 Å². The van der Waals surface area contributed by atoms with Gasteiger partial charge in [-0.25, -0.2) is 4.57 Å². The van der Waals surface area contributed by atoms with Crippen molar-refractivity contribution in [3.8, 4) is 0 Å². The zero-order chi connectivity index (χ0) is 43.4. The third kappa shape index (κ3) is 47.6. The molecule has 0 saturated heterocycles. The van der Waals surface area contributed by atoms with Crippen molar-refractivity contribution in [1.82, 2.24) is 0 Å². The molecule has 1 N–H and O–H groups in total. The van der Waals surface area contributed by atoms with E-state index in [2.05, 4.69) is 50.3 Å². The molecule has 0 amide bonds. The number of unbranched alkanes of at least 4 members (excludes halogenated alkanes) is 26. The molecule has 0 heterocycles. The molecule has 0 bridgehead atoms. The van der Waals surface area contributed by atoms with Crippen LogP contribution in [0, 0.1) is 0 Å². The third-order valence-electron chi connectivity index (χ3n) is 10.7. The van der Waals surface area contributed by atoms with E-state index in [1.807, 2.05) is 21.1 Å². The standard InChI is InChI=1S/C50H96NO7P/c1-6-8-10-12-14-16-18-20-22-24-25-26-28-30-32-34-36-38-40-42-45-55-47-49(48-57-59(53,54)56-46-44-51(3,4)5)58-50(52)43-41-39-37-35-33-31-29-27-23-21-19-17-15-13-11-9-7-2/h14,16,20,22,25-26,49H,6-13,15,17-19,21,23-24,27-48H2,1-5H3/p+1/b16-14-,22-20-,26-25-. The fourth-order valence-electron chi connectivity index (χ4n) is 6.85. The van der Waals surface area contributed by atoms with Gasteiger partial charge < -0.3 is 18.9 Å². The van der Waals surface area contributed by atoms with Gasteiger partial charge in [-0.1, -0.05) is 198 Å². The van der Waals surface area contributed by atoms with Crippen molar-refractivity contribution in [2.75, 3.05) is 54.1 Å². The Morgan fingerprint density at radius 1 is 0.525 bits per heavy atom. The molecule has 0 rings (SSSR count). The van der Waals surface area contributed by atoms with E-state index >= 15 is 0 Å². The summed E-state index contributed by atoms with van der Waals surface area (Å²) < 4.78 is 35.1. The van der Waals surface area contributed by atoms with Gasteiger partial charge in [0.05, 0.1) is 34.4 Å². The topological polar surface area (TPSA) is 91.3 Å². The van der Waals surface area contributed by atoms with Crippen molar-refractivity contribution >= 4 is 13.8 Å². The maximum Gasteiger partial charge on any atom is 0.472 e. The second-order valence-corrected chi connectivity index (χ2v) is 19.3. The normalized spacial score (nSPS) is 13.9. The number of phosphoric acid groups is 1. The van der Waals surface area contributed by atoms with Crippen LogP contribution < -0.4 is 0 Å². The van der Waals surface area contributed by atoms with Crippen LogP contribution in [0.1, 0.15) is 219 Å². The second-order valence-electron chi connectivity index (χ2n) is 17.9. The van der Waals surface area contributed by atoms with Gasteiger partial charge in [0.25, 0.3) is 0 Å². The highest BCUT2D eigenvalue weighted by molar-refractivity contribution is 7.47. The van der Waals surface area contributed by atoms with Gasteiger partial charge in [0.15, 0.2) is 0 Å². The van der Waals surface area contributed by atoms with Gasteiger partial charge in [-0.3, -0.25) is 13.8 Å². The zero-order valence-electron chi connectivity index (χ0n) is 39.5. The molecule has 2 unspecified atom stereocenters. The SMILES string of the molecule is CCCCC/C=C\C/C=C\C/C=C\CCCCCCCCCOCC(COP(=O)(O)OCC[N+](C)(C)C)OC(=O)CCCCCCCCCCCCCCCCCCC. The summed E-state index contributed by atoms with van der Waals surface area (Å²) in [5, 5.41) is 0. The molecule has 59 heavy (non-hydrogen) atoms. The van der Waals surface area contributed by atoms with E-state index < -0.39 is 13.9 Å². The van der Waals surface area contributed by atoms with E-state index in [9.17, 15) is 14.3 Å². The van der Waals surface area contributed by atoms with Gasteiger partial charge in [0.1, 0.15) is 19.3 Å². The van der Waals surface area contributed by atoms with Crippen LogP contribution in [0.3, 0.4) is 0 Å². The van der Waals surface area contributed by atoms with Crippen molar-refractivity contribution < 1.29 is 37.3 Å². The van der Waals surface area contributed by atoms with Crippen LogP contribution in [0.2, 0.25) is 0 Å². The van der Waals surface area contributed by atoms with Crippen molar-refractivity contribution in [2.24, 2.45) is 0 Å². The lowest BCUT2D eigenvalue weighted by molar-refractivity contribution is -0.870. The molecule has 0 aromatic carbocycles. The molecule has 0 saturated carbocycles. The molecule has 0 aliphatic carbocycles. The van der Waals surface area contributed by atoms with Crippen LogP contribution in [0.15, 0.2) is 36.5 Å². The molecule has 0 fully saturated rings. The number of rotatable bonds is 46. The molecule has 0 spiro atoms. The Morgan fingerprint density at radius 2 is 0.932 bits per heavy atom. The van der Waals surface area contributed by atoms with Gasteiger partial charge in [-0.15, -0.1) is 0 Å². The number of carbonyl (C=O) groups excluding carboxylic acids is 1. The van der Waals surface area contributed by atoms with Crippen molar-refractivity contribution in [3.05, 3.63) is 36.5 Å². The number of quaternary nitrogens is 1. The van der Waals surface area contributed by atoms with Gasteiger partial charge >= 0.3 is 13.8 Å². The van der Waals surface area contributed by atoms with Crippen molar-refractivity contribution in [3.63, 3.8) is 0 Å². The van der Waals surface area contributed by atoms with Crippen LogP contribution in [-0.4, -0.2) is 75.6 Å². The van der Waals surface area contributed by atoms with E-state index in [4.69, 9.17) is 18.5 Å². The monoisotopic (exact) mass is 855 g/mol. The number of esters is 1. The Kier molecular flexibility index (Phi) is 42.4. The van der Waals surface area contributed by atoms with Crippen molar-refractivity contribution in [1.29, 1.82) is 0 Å². The number of phosphoric ester groups is 1. The Bertz CT molecular complexity index is 1040. The zero-order valence-corrected chi connectivity index (χ0v) is 40.4. The molecule has 0 aliphatic rings. The summed E-state index contributed by atoms with van der Waals surface area (Å²) in [4.78, 5) is 23.0. The molecule has 2 atom stereocenters. The molecule has 348 valence electrons. The average molecular weight is 855 g/mol. The first-order valence-corrected chi connectivity index (χ1v) is 26.2. The number of carbonyl (C=O) groups is 1. The third-order valence-corrected chi connectivity index (χ3v) is 11.7. The lowest BCUT2D eigenvalue weighted by atomic mass is 10.0. The number of ether oxygens (including phenoxy) is 2. The summed E-state index contributed by atoms with van der Waals surface area (Å²) in [7, 11) is 1.67. The summed E-state index contributed by atoms with van der Waals surface area (Å²) in [5.74, 6) is -0.314. The van der Waals surface area contributed by atoms with Crippen LogP contribution in [0.4, 0.5) is 0 Å². The summed E-state index contributed by atoms with van der Waals surface area (Å²) in [6.07, 6.45) is 51.8. The van der Waals surface area contributed by atoms with E-state index in [-0.39, 0.29) is 25.8 Å². The fourth-order valence-corrected chi connectivity index (χ4v) is 7.60. The van der Waals surface area contributed by atoms with Gasteiger partial charge in [0.2, 0.25) is 0 Å². The molecular weight excluding hydrogens is 758 g/mol. The molecule has 9 heteroatoms. The Morgan fingerprint density at radius 3 is 1.42 bits per heavy atom. The number of hydrogen-bond acceptors (Lipinski definition) is 6. The maximum absolute atomic E-state index is 12.7. The van der Waals surface area contributed by atoms with E-state index in [1.54, 1.807) is 0 Å².